The Kier molecular flexibility index (Phi) is 6.34. The fourth-order valence-corrected chi connectivity index (χ4v) is 2.65. The summed E-state index contributed by atoms with van der Waals surface area (Å²) < 4.78 is 5.11. The van der Waals surface area contributed by atoms with E-state index in [0.29, 0.717) is 18.9 Å². The lowest BCUT2D eigenvalue weighted by atomic mass is 10.0. The minimum absolute atomic E-state index is 0.215. The van der Waals surface area contributed by atoms with Crippen molar-refractivity contribution < 1.29 is 9.53 Å². The van der Waals surface area contributed by atoms with Crippen molar-refractivity contribution in [1.82, 2.24) is 4.90 Å². The molecule has 2 atom stereocenters. The van der Waals surface area contributed by atoms with Gasteiger partial charge in [0.05, 0.1) is 6.61 Å². The van der Waals surface area contributed by atoms with Gasteiger partial charge in [-0.05, 0) is 25.7 Å². The molecule has 0 aromatic rings. The Morgan fingerprint density at radius 1 is 1.58 bits per heavy atom. The first kappa shape index (κ1) is 15.5. The van der Waals surface area contributed by atoms with E-state index in [1.165, 1.54) is 0 Å². The number of nitrogens with zero attached hydrogens (tertiary/aromatic N) is 3. The maximum Gasteiger partial charge on any atom is 0.328 e. The van der Waals surface area contributed by atoms with E-state index < -0.39 is 0 Å². The summed E-state index contributed by atoms with van der Waals surface area (Å²) in [6.45, 7) is 7.09. The number of rotatable bonds is 6. The monoisotopic (exact) mass is 265 g/mol. The van der Waals surface area contributed by atoms with Crippen LogP contribution in [0.25, 0.3) is 0 Å². The van der Waals surface area contributed by atoms with Crippen LogP contribution in [0.5, 0.6) is 0 Å². The first-order valence-electron chi connectivity index (χ1n) is 7.06. The molecule has 1 rings (SSSR count). The van der Waals surface area contributed by atoms with E-state index in [2.05, 4.69) is 11.9 Å². The zero-order valence-corrected chi connectivity index (χ0v) is 12.1. The summed E-state index contributed by atoms with van der Waals surface area (Å²) in [6.07, 6.45) is 5.51. The number of hydrogen-bond donors (Lipinski definition) is 0. The molecule has 0 aromatic carbocycles. The van der Waals surface area contributed by atoms with Crippen LogP contribution in [-0.2, 0) is 9.53 Å². The number of ether oxygens (including phenoxy) is 1. The smallest absolute Gasteiger partial charge is 0.328 e. The van der Waals surface area contributed by atoms with E-state index in [1.807, 2.05) is 18.0 Å². The molecule has 1 saturated heterocycles. The molecule has 1 aliphatic rings. The second kappa shape index (κ2) is 7.78. The first-order valence-corrected chi connectivity index (χ1v) is 7.06. The molecule has 5 nitrogen and oxygen atoms in total. The lowest BCUT2D eigenvalue weighted by molar-refractivity contribution is -0.148. The second-order valence-electron chi connectivity index (χ2n) is 4.82. The van der Waals surface area contributed by atoms with Crippen LogP contribution in [-0.4, -0.2) is 35.9 Å². The topological polar surface area (TPSA) is 65.7 Å². The van der Waals surface area contributed by atoms with Crippen molar-refractivity contribution in [2.75, 3.05) is 13.2 Å². The van der Waals surface area contributed by atoms with Crippen molar-refractivity contribution in [3.05, 3.63) is 0 Å². The number of hydrogen-bond acceptors (Lipinski definition) is 4. The molecule has 1 fully saturated rings. The molecular weight excluding hydrogens is 242 g/mol. The van der Waals surface area contributed by atoms with Crippen molar-refractivity contribution in [2.24, 2.45) is 10.9 Å². The van der Waals surface area contributed by atoms with E-state index in [0.717, 1.165) is 31.6 Å². The van der Waals surface area contributed by atoms with Crippen molar-refractivity contribution in [3.8, 4) is 6.19 Å². The average Bonchev–Trinajstić information content (AvgIpc) is 2.75. The Balaban J connectivity index is 2.84. The maximum absolute atomic E-state index is 12.0. The Morgan fingerprint density at radius 2 is 2.32 bits per heavy atom. The summed E-state index contributed by atoms with van der Waals surface area (Å²) in [4.78, 5) is 17.8. The molecule has 0 N–H and O–H groups in total. The van der Waals surface area contributed by atoms with E-state index in [9.17, 15) is 4.79 Å². The number of likely N-dealkylation sites (tertiary alicyclic amines) is 1. The lowest BCUT2D eigenvalue weighted by Gasteiger charge is -2.27. The predicted octanol–water partition coefficient (Wildman–Crippen LogP) is 2.33. The normalized spacial score (nSPS) is 22.3. The van der Waals surface area contributed by atoms with Gasteiger partial charge in [-0.25, -0.2) is 4.79 Å². The lowest BCUT2D eigenvalue weighted by Crippen LogP contribution is -2.42. The molecule has 0 saturated carbocycles. The van der Waals surface area contributed by atoms with Crippen LogP contribution < -0.4 is 0 Å². The van der Waals surface area contributed by atoms with Gasteiger partial charge in [0.2, 0.25) is 6.19 Å². The van der Waals surface area contributed by atoms with Crippen molar-refractivity contribution in [1.29, 1.82) is 5.26 Å². The van der Waals surface area contributed by atoms with Crippen LogP contribution in [0.1, 0.15) is 46.5 Å². The van der Waals surface area contributed by atoms with Crippen LogP contribution >= 0.6 is 0 Å². The van der Waals surface area contributed by atoms with Gasteiger partial charge in [0, 0.05) is 13.0 Å². The molecular formula is C14H23N3O2. The number of amidine groups is 1. The Morgan fingerprint density at radius 3 is 2.84 bits per heavy atom. The third-order valence-electron chi connectivity index (χ3n) is 3.46. The average molecular weight is 265 g/mol. The summed E-state index contributed by atoms with van der Waals surface area (Å²) in [5.41, 5.74) is 0. The highest BCUT2D eigenvalue weighted by Gasteiger charge is 2.35. The van der Waals surface area contributed by atoms with Crippen LogP contribution in [0.3, 0.4) is 0 Å². The molecule has 0 aromatic heterocycles. The van der Waals surface area contributed by atoms with Gasteiger partial charge in [0.15, 0.2) is 0 Å². The summed E-state index contributed by atoms with van der Waals surface area (Å²) in [5, 5.41) is 8.78. The van der Waals surface area contributed by atoms with Crippen LogP contribution in [0.15, 0.2) is 4.99 Å². The van der Waals surface area contributed by atoms with E-state index >= 15 is 0 Å². The van der Waals surface area contributed by atoms with E-state index in [1.54, 1.807) is 6.92 Å². The molecule has 1 heterocycles. The van der Waals surface area contributed by atoms with Crippen molar-refractivity contribution >= 4 is 11.8 Å². The Hall–Kier alpha value is -1.57. The van der Waals surface area contributed by atoms with Crippen molar-refractivity contribution in [2.45, 2.75) is 52.5 Å². The molecule has 0 radical (unpaired) electrons. The van der Waals surface area contributed by atoms with Gasteiger partial charge < -0.3 is 9.64 Å². The number of aliphatic imine (C=N–C) groups is 1. The summed E-state index contributed by atoms with van der Waals surface area (Å²) in [5.74, 6) is 1.01. The highest BCUT2D eigenvalue weighted by molar-refractivity contribution is 5.90. The SMILES string of the molecule is CCCC1C/C(=N\C#N)N(C(CC)C(=O)OCC)C1. The van der Waals surface area contributed by atoms with Crippen molar-refractivity contribution in [3.63, 3.8) is 0 Å². The van der Waals surface area contributed by atoms with E-state index in [-0.39, 0.29) is 12.0 Å². The zero-order valence-electron chi connectivity index (χ0n) is 12.1. The fraction of sp³-hybridized carbons (Fsp3) is 0.786. The molecule has 0 bridgehead atoms. The van der Waals surface area contributed by atoms with E-state index in [4.69, 9.17) is 10.00 Å². The zero-order chi connectivity index (χ0) is 14.3. The third kappa shape index (κ3) is 3.95. The quantitative estimate of drug-likeness (QED) is 0.546. The first-order chi connectivity index (χ1) is 9.17. The maximum atomic E-state index is 12.0. The summed E-state index contributed by atoms with van der Waals surface area (Å²) in [7, 11) is 0. The summed E-state index contributed by atoms with van der Waals surface area (Å²) >= 11 is 0. The van der Waals surface area contributed by atoms with Gasteiger partial charge in [-0.1, -0.05) is 20.3 Å². The van der Waals surface area contributed by atoms with Gasteiger partial charge >= 0.3 is 5.97 Å². The number of esters is 1. The minimum atomic E-state index is -0.311. The number of nitriles is 1. The van der Waals surface area contributed by atoms with Gasteiger partial charge in [-0.3, -0.25) is 0 Å². The molecule has 1 aliphatic heterocycles. The Labute approximate surface area is 115 Å². The Bertz CT molecular complexity index is 373. The highest BCUT2D eigenvalue weighted by Crippen LogP contribution is 2.26. The minimum Gasteiger partial charge on any atom is -0.464 e. The molecule has 0 amide bonds. The van der Waals surface area contributed by atoms with Gasteiger partial charge in [0.1, 0.15) is 11.9 Å². The van der Waals surface area contributed by atoms with Crippen LogP contribution in [0.4, 0.5) is 0 Å². The van der Waals surface area contributed by atoms with Gasteiger partial charge in [0.25, 0.3) is 0 Å². The van der Waals surface area contributed by atoms with Crippen LogP contribution in [0.2, 0.25) is 0 Å². The van der Waals surface area contributed by atoms with Gasteiger partial charge in [-0.15, -0.1) is 0 Å². The largest absolute Gasteiger partial charge is 0.464 e. The molecule has 2 unspecified atom stereocenters. The molecule has 0 spiro atoms. The third-order valence-corrected chi connectivity index (χ3v) is 3.46. The molecule has 5 heteroatoms. The van der Waals surface area contributed by atoms with Gasteiger partial charge in [-0.2, -0.15) is 10.3 Å². The highest BCUT2D eigenvalue weighted by atomic mass is 16.5. The molecule has 106 valence electrons. The fourth-order valence-electron chi connectivity index (χ4n) is 2.65. The number of carbonyl (C=O) groups excluding carboxylic acids is 1. The predicted molar refractivity (Wildman–Crippen MR) is 73.5 cm³/mol. The van der Waals surface area contributed by atoms with Crippen LogP contribution in [0, 0.1) is 17.4 Å². The standard InChI is InChI=1S/C14H23N3O2/c1-4-7-11-8-13(16-10-15)17(9-11)12(5-2)14(18)19-6-3/h11-12H,4-9H2,1-3H3/b16-13+. The number of carbonyl (C=O) groups is 1. The second-order valence-corrected chi connectivity index (χ2v) is 4.82. The molecule has 19 heavy (non-hydrogen) atoms. The molecule has 0 aliphatic carbocycles. The summed E-state index contributed by atoms with van der Waals surface area (Å²) in [6, 6.07) is -0.311.